The van der Waals surface area contributed by atoms with Gasteiger partial charge < -0.3 is 15.0 Å². The van der Waals surface area contributed by atoms with Crippen LogP contribution in [0.25, 0.3) is 5.78 Å². The van der Waals surface area contributed by atoms with E-state index in [-0.39, 0.29) is 11.2 Å². The molecular formula is C20H24N6O2S. The molecule has 2 aromatic heterocycles. The summed E-state index contributed by atoms with van der Waals surface area (Å²) in [7, 11) is 0. The van der Waals surface area contributed by atoms with E-state index in [1.807, 2.05) is 55.5 Å². The molecule has 3 aromatic rings. The Labute approximate surface area is 173 Å². The van der Waals surface area contributed by atoms with Crippen LogP contribution in [-0.2, 0) is 9.53 Å². The first kappa shape index (κ1) is 19.7. The fourth-order valence-corrected chi connectivity index (χ4v) is 4.21. The number of morpholine rings is 1. The molecule has 1 fully saturated rings. The molecule has 0 radical (unpaired) electrons. The number of nitrogens with zero attached hydrogens (tertiary/aromatic N) is 5. The lowest BCUT2D eigenvalue weighted by molar-refractivity contribution is -0.115. The molecular weight excluding hydrogens is 388 g/mol. The van der Waals surface area contributed by atoms with Crippen molar-refractivity contribution in [2.24, 2.45) is 0 Å². The summed E-state index contributed by atoms with van der Waals surface area (Å²) >= 11 is 1.37. The number of nitrogens with one attached hydrogen (secondary N) is 1. The third-order valence-corrected chi connectivity index (χ3v) is 5.87. The van der Waals surface area contributed by atoms with Gasteiger partial charge in [-0.3, -0.25) is 9.20 Å². The molecule has 152 valence electrons. The third kappa shape index (κ3) is 4.35. The summed E-state index contributed by atoms with van der Waals surface area (Å²) < 4.78 is 7.26. The molecule has 29 heavy (non-hydrogen) atoms. The number of carbonyl (C=O) groups is 1. The lowest BCUT2D eigenvalue weighted by atomic mass is 10.2. The van der Waals surface area contributed by atoms with Crippen LogP contribution in [0.2, 0.25) is 0 Å². The van der Waals surface area contributed by atoms with Gasteiger partial charge in [-0.2, -0.15) is 0 Å². The summed E-state index contributed by atoms with van der Waals surface area (Å²) in [5, 5.41) is 11.6. The molecule has 3 heterocycles. The van der Waals surface area contributed by atoms with Crippen molar-refractivity contribution in [3.8, 4) is 0 Å². The molecule has 1 N–H and O–H groups in total. The lowest BCUT2D eigenvalue weighted by Gasteiger charge is -2.28. The predicted octanol–water partition coefficient (Wildman–Crippen LogP) is 2.70. The Hall–Kier alpha value is -2.65. The fourth-order valence-electron chi connectivity index (χ4n) is 3.31. The van der Waals surface area contributed by atoms with Crippen LogP contribution in [-0.4, -0.2) is 57.0 Å². The third-order valence-electron chi connectivity index (χ3n) is 4.83. The number of aryl methyl sites for hydroxylation is 2. The second-order valence-electron chi connectivity index (χ2n) is 7.05. The minimum atomic E-state index is -0.331. The number of amides is 1. The SMILES string of the molecule is Cc1cc(C)n2c(S[C@H](C)C(=O)Nc3ccc(N4CCOCC4)cc3)nnc2n1. The van der Waals surface area contributed by atoms with Gasteiger partial charge in [-0.25, -0.2) is 4.98 Å². The Kier molecular flexibility index (Phi) is 5.68. The zero-order valence-corrected chi connectivity index (χ0v) is 17.6. The van der Waals surface area contributed by atoms with E-state index in [4.69, 9.17) is 4.74 Å². The zero-order chi connectivity index (χ0) is 20.4. The quantitative estimate of drug-likeness (QED) is 0.645. The monoisotopic (exact) mass is 412 g/mol. The molecule has 0 unspecified atom stereocenters. The molecule has 1 aromatic carbocycles. The highest BCUT2D eigenvalue weighted by molar-refractivity contribution is 8.00. The average Bonchev–Trinajstić information content (AvgIpc) is 3.12. The van der Waals surface area contributed by atoms with Crippen LogP contribution in [0.1, 0.15) is 18.3 Å². The minimum Gasteiger partial charge on any atom is -0.378 e. The van der Waals surface area contributed by atoms with Gasteiger partial charge in [0.15, 0.2) is 5.16 Å². The normalized spacial score (nSPS) is 15.5. The number of ether oxygens (including phenoxy) is 1. The van der Waals surface area contributed by atoms with E-state index in [0.29, 0.717) is 10.9 Å². The van der Waals surface area contributed by atoms with Gasteiger partial charge >= 0.3 is 0 Å². The molecule has 1 saturated heterocycles. The maximum atomic E-state index is 12.7. The summed E-state index contributed by atoms with van der Waals surface area (Å²) in [6, 6.07) is 9.90. The van der Waals surface area contributed by atoms with Crippen LogP contribution in [0, 0.1) is 13.8 Å². The highest BCUT2D eigenvalue weighted by atomic mass is 32.2. The number of hydrogen-bond acceptors (Lipinski definition) is 7. The molecule has 0 spiro atoms. The van der Waals surface area contributed by atoms with E-state index in [2.05, 4.69) is 25.4 Å². The van der Waals surface area contributed by atoms with E-state index in [0.717, 1.165) is 49.1 Å². The maximum absolute atomic E-state index is 12.7. The second-order valence-corrected chi connectivity index (χ2v) is 8.36. The Balaban J connectivity index is 1.41. The smallest absolute Gasteiger partial charge is 0.256 e. The molecule has 9 heteroatoms. The van der Waals surface area contributed by atoms with Crippen LogP contribution < -0.4 is 10.2 Å². The first-order valence-corrected chi connectivity index (χ1v) is 10.5. The van der Waals surface area contributed by atoms with Gasteiger partial charge in [0.25, 0.3) is 5.78 Å². The number of carbonyl (C=O) groups excluding carboxylic acids is 1. The highest BCUT2D eigenvalue weighted by Gasteiger charge is 2.19. The van der Waals surface area contributed by atoms with Gasteiger partial charge in [-0.05, 0) is 51.1 Å². The minimum absolute atomic E-state index is 0.0800. The lowest BCUT2D eigenvalue weighted by Crippen LogP contribution is -2.36. The van der Waals surface area contributed by atoms with Crippen molar-refractivity contribution in [2.75, 3.05) is 36.5 Å². The van der Waals surface area contributed by atoms with Gasteiger partial charge in [0.2, 0.25) is 5.91 Å². The number of thioether (sulfide) groups is 1. The summed E-state index contributed by atoms with van der Waals surface area (Å²) in [4.78, 5) is 19.3. The number of fused-ring (bicyclic) bond motifs is 1. The number of hydrogen-bond donors (Lipinski definition) is 1. The first-order valence-electron chi connectivity index (χ1n) is 9.61. The predicted molar refractivity (Wildman–Crippen MR) is 114 cm³/mol. The van der Waals surface area contributed by atoms with Crippen molar-refractivity contribution in [1.29, 1.82) is 0 Å². The van der Waals surface area contributed by atoms with Crippen molar-refractivity contribution in [3.63, 3.8) is 0 Å². The Morgan fingerprint density at radius 1 is 1.17 bits per heavy atom. The first-order chi connectivity index (χ1) is 14.0. The summed E-state index contributed by atoms with van der Waals surface area (Å²) in [6.07, 6.45) is 0. The van der Waals surface area contributed by atoms with Gasteiger partial charge in [-0.15, -0.1) is 10.2 Å². The van der Waals surface area contributed by atoms with Gasteiger partial charge in [-0.1, -0.05) is 11.8 Å². The molecule has 0 saturated carbocycles. The van der Waals surface area contributed by atoms with E-state index < -0.39 is 0 Å². The molecule has 1 aliphatic heterocycles. The van der Waals surface area contributed by atoms with E-state index in [1.165, 1.54) is 11.8 Å². The topological polar surface area (TPSA) is 84.7 Å². The molecule has 8 nitrogen and oxygen atoms in total. The maximum Gasteiger partial charge on any atom is 0.256 e. The van der Waals surface area contributed by atoms with Crippen molar-refractivity contribution in [2.45, 2.75) is 31.2 Å². The highest BCUT2D eigenvalue weighted by Crippen LogP contribution is 2.25. The summed E-state index contributed by atoms with van der Waals surface area (Å²) in [5.41, 5.74) is 3.80. The van der Waals surface area contributed by atoms with Crippen LogP contribution in [0.4, 0.5) is 11.4 Å². The van der Waals surface area contributed by atoms with Crippen molar-refractivity contribution in [1.82, 2.24) is 19.6 Å². The van der Waals surface area contributed by atoms with Crippen molar-refractivity contribution >= 4 is 34.8 Å². The number of anilines is 2. The van der Waals surface area contributed by atoms with Gasteiger partial charge in [0.05, 0.1) is 18.5 Å². The Morgan fingerprint density at radius 2 is 1.90 bits per heavy atom. The van der Waals surface area contributed by atoms with Crippen LogP contribution >= 0.6 is 11.8 Å². The molecule has 0 bridgehead atoms. The number of rotatable bonds is 5. The van der Waals surface area contributed by atoms with Crippen LogP contribution in [0.3, 0.4) is 0 Å². The van der Waals surface area contributed by atoms with Crippen molar-refractivity contribution < 1.29 is 9.53 Å². The van der Waals surface area contributed by atoms with E-state index in [9.17, 15) is 4.79 Å². The fraction of sp³-hybridized carbons (Fsp3) is 0.400. The zero-order valence-electron chi connectivity index (χ0n) is 16.8. The Morgan fingerprint density at radius 3 is 2.62 bits per heavy atom. The molecule has 1 amide bonds. The summed E-state index contributed by atoms with van der Waals surface area (Å²) in [5.74, 6) is 0.472. The van der Waals surface area contributed by atoms with Crippen LogP contribution in [0.5, 0.6) is 0 Å². The number of benzene rings is 1. The second kappa shape index (κ2) is 8.38. The number of aromatic nitrogens is 4. The van der Waals surface area contributed by atoms with Crippen molar-refractivity contribution in [3.05, 3.63) is 41.7 Å². The molecule has 1 atom stereocenters. The molecule has 1 aliphatic rings. The molecule has 0 aliphatic carbocycles. The summed E-state index contributed by atoms with van der Waals surface area (Å²) in [6.45, 7) is 9.04. The standard InChI is InChI=1S/C20H24N6O2S/c1-13-12-14(2)26-19(21-13)23-24-20(26)29-15(3)18(27)22-16-4-6-17(7-5-16)25-8-10-28-11-9-25/h4-7,12,15H,8-11H2,1-3H3,(H,22,27)/t15-/m1/s1. The largest absolute Gasteiger partial charge is 0.378 e. The average molecular weight is 413 g/mol. The van der Waals surface area contributed by atoms with Crippen LogP contribution in [0.15, 0.2) is 35.5 Å². The van der Waals surface area contributed by atoms with E-state index >= 15 is 0 Å². The van der Waals surface area contributed by atoms with E-state index in [1.54, 1.807) is 0 Å². The van der Waals surface area contributed by atoms with Gasteiger partial charge in [0, 0.05) is 35.9 Å². The Bertz CT molecular complexity index is 1010. The van der Waals surface area contributed by atoms with Gasteiger partial charge in [0.1, 0.15) is 0 Å². The molecule has 4 rings (SSSR count).